The van der Waals surface area contributed by atoms with E-state index in [1.807, 2.05) is 12.1 Å². The van der Waals surface area contributed by atoms with Crippen LogP contribution in [-0.2, 0) is 0 Å². The van der Waals surface area contributed by atoms with Crippen LogP contribution in [0.5, 0.6) is 5.75 Å². The second-order valence-electron chi connectivity index (χ2n) is 2.12. The summed E-state index contributed by atoms with van der Waals surface area (Å²) in [5, 5.41) is 0. The average molecular weight is 246 g/mol. The van der Waals surface area contributed by atoms with Gasteiger partial charge in [0.05, 0.1) is 7.11 Å². The summed E-state index contributed by atoms with van der Waals surface area (Å²) in [5.41, 5.74) is 1.26. The molecule has 0 heterocycles. The molecule has 1 aromatic rings. The fourth-order valence-corrected chi connectivity index (χ4v) is 1.08. The molecule has 0 N–H and O–H groups in total. The third kappa shape index (κ3) is 1.65. The van der Waals surface area contributed by atoms with Crippen molar-refractivity contribution < 1.29 is 4.74 Å². The maximum absolute atomic E-state index is 5.05. The molecule has 52 valence electrons. The van der Waals surface area contributed by atoms with Gasteiger partial charge in [0.25, 0.3) is 0 Å². The number of halogens is 1. The summed E-state index contributed by atoms with van der Waals surface area (Å²) < 4.78 is 6.32. The molecule has 0 aliphatic carbocycles. The molecule has 0 saturated heterocycles. The molecule has 0 atom stereocenters. The molecule has 1 rings (SSSR count). The molecule has 3 heteroatoms. The molecule has 0 radical (unpaired) electrons. The van der Waals surface area contributed by atoms with Gasteiger partial charge in [-0.3, -0.25) is 0 Å². The first-order chi connectivity index (χ1) is 4.74. The first kappa shape index (κ1) is 7.92. The number of ether oxygens (including phenoxy) is 1. The van der Waals surface area contributed by atoms with Crippen molar-refractivity contribution in [1.29, 1.82) is 0 Å². The minimum Gasteiger partial charge on any atom is -0.497 e. The van der Waals surface area contributed by atoms with Gasteiger partial charge >= 0.3 is 0 Å². The van der Waals surface area contributed by atoms with Gasteiger partial charge in [0.15, 0.2) is 0 Å². The molecule has 0 unspecified atom stereocenters. The topological polar surface area (TPSA) is 9.23 Å². The summed E-state index contributed by atoms with van der Waals surface area (Å²) in [6, 6.07) is 6.05. The number of hydrogen-bond acceptors (Lipinski definition) is 1. The van der Waals surface area contributed by atoms with Crippen LogP contribution in [0.1, 0.15) is 0 Å². The molecule has 0 aromatic heterocycles. The lowest BCUT2D eigenvalue weighted by Crippen LogP contribution is -2.06. The Labute approximate surface area is 75.3 Å². The lowest BCUT2D eigenvalue weighted by atomic mass is 9.96. The molecule has 0 bridgehead atoms. The third-order valence-electron chi connectivity index (χ3n) is 1.37. The second kappa shape index (κ2) is 3.28. The zero-order valence-corrected chi connectivity index (χ0v) is 8.18. The van der Waals surface area contributed by atoms with Crippen LogP contribution >= 0.6 is 22.6 Å². The van der Waals surface area contributed by atoms with Gasteiger partial charge in [-0.1, -0.05) is 5.46 Å². The number of methoxy groups -OCH3 is 1. The van der Waals surface area contributed by atoms with E-state index < -0.39 is 0 Å². The summed E-state index contributed by atoms with van der Waals surface area (Å²) in [6.07, 6.45) is 0. The summed E-state index contributed by atoms with van der Waals surface area (Å²) in [6.45, 7) is 0. The van der Waals surface area contributed by atoms with Gasteiger partial charge in [-0.25, -0.2) is 0 Å². The SMILES string of the molecule is Bc1cc(OC)ccc1I. The van der Waals surface area contributed by atoms with E-state index in [-0.39, 0.29) is 0 Å². The quantitative estimate of drug-likeness (QED) is 0.519. The van der Waals surface area contributed by atoms with Crippen molar-refractivity contribution in [3.63, 3.8) is 0 Å². The summed E-state index contributed by atoms with van der Waals surface area (Å²) in [4.78, 5) is 0. The van der Waals surface area contributed by atoms with Crippen molar-refractivity contribution in [1.82, 2.24) is 0 Å². The van der Waals surface area contributed by atoms with E-state index in [2.05, 4.69) is 36.5 Å². The Morgan fingerprint density at radius 1 is 1.50 bits per heavy atom. The van der Waals surface area contributed by atoms with E-state index in [1.165, 1.54) is 9.03 Å². The Kier molecular flexibility index (Phi) is 2.60. The fraction of sp³-hybridized carbons (Fsp3) is 0.143. The van der Waals surface area contributed by atoms with Crippen molar-refractivity contribution in [2.75, 3.05) is 7.11 Å². The molecule has 0 aliphatic heterocycles. The molecular formula is C7H8BIO. The van der Waals surface area contributed by atoms with Gasteiger partial charge in [-0.2, -0.15) is 0 Å². The smallest absolute Gasteiger partial charge is 0.140 e. The van der Waals surface area contributed by atoms with Crippen molar-refractivity contribution in [3.8, 4) is 5.75 Å². The lowest BCUT2D eigenvalue weighted by molar-refractivity contribution is 0.415. The third-order valence-corrected chi connectivity index (χ3v) is 2.58. The predicted octanol–water partition coefficient (Wildman–Crippen LogP) is 0.558. The molecule has 0 spiro atoms. The Morgan fingerprint density at radius 3 is 2.70 bits per heavy atom. The molecule has 1 aromatic carbocycles. The van der Waals surface area contributed by atoms with Crippen LogP contribution in [0.15, 0.2) is 18.2 Å². The highest BCUT2D eigenvalue weighted by Crippen LogP contribution is 2.09. The largest absolute Gasteiger partial charge is 0.497 e. The Bertz CT molecular complexity index is 237. The maximum Gasteiger partial charge on any atom is 0.140 e. The number of hydrogen-bond donors (Lipinski definition) is 0. The van der Waals surface area contributed by atoms with Crippen molar-refractivity contribution in [2.45, 2.75) is 0 Å². The van der Waals surface area contributed by atoms with Crippen molar-refractivity contribution in [3.05, 3.63) is 21.8 Å². The van der Waals surface area contributed by atoms with Crippen LogP contribution in [0, 0.1) is 3.57 Å². The highest BCUT2D eigenvalue weighted by atomic mass is 127. The molecule has 1 nitrogen and oxygen atoms in total. The van der Waals surface area contributed by atoms with Crippen LogP contribution < -0.4 is 10.2 Å². The average Bonchev–Trinajstić information content (AvgIpc) is 1.95. The Morgan fingerprint density at radius 2 is 2.20 bits per heavy atom. The van der Waals surface area contributed by atoms with Gasteiger partial charge in [-0.05, 0) is 40.8 Å². The second-order valence-corrected chi connectivity index (χ2v) is 3.28. The zero-order chi connectivity index (χ0) is 7.56. The zero-order valence-electron chi connectivity index (χ0n) is 6.02. The summed E-state index contributed by atoms with van der Waals surface area (Å²) >= 11 is 2.30. The van der Waals surface area contributed by atoms with E-state index in [1.54, 1.807) is 7.11 Å². The molecule has 0 aliphatic rings. The number of benzene rings is 1. The maximum atomic E-state index is 5.05. The normalized spacial score (nSPS) is 9.40. The molecule has 0 saturated carbocycles. The van der Waals surface area contributed by atoms with Crippen LogP contribution in [0.3, 0.4) is 0 Å². The van der Waals surface area contributed by atoms with Gasteiger partial charge < -0.3 is 4.74 Å². The standard InChI is InChI=1S/C7H8BIO/c1-10-5-2-3-7(9)6(8)4-5/h2-4H,8H2,1H3. The Hall–Kier alpha value is -0.185. The molecule has 10 heavy (non-hydrogen) atoms. The van der Waals surface area contributed by atoms with Gasteiger partial charge in [0.1, 0.15) is 13.6 Å². The highest BCUT2D eigenvalue weighted by molar-refractivity contribution is 14.1. The van der Waals surface area contributed by atoms with Gasteiger partial charge in [0, 0.05) is 3.57 Å². The van der Waals surface area contributed by atoms with Crippen LogP contribution in [-0.4, -0.2) is 15.0 Å². The summed E-state index contributed by atoms with van der Waals surface area (Å²) in [5.74, 6) is 0.929. The van der Waals surface area contributed by atoms with Crippen molar-refractivity contribution >= 4 is 35.9 Å². The van der Waals surface area contributed by atoms with Crippen LogP contribution in [0.4, 0.5) is 0 Å². The van der Waals surface area contributed by atoms with E-state index in [0.717, 1.165) is 5.75 Å². The number of rotatable bonds is 1. The van der Waals surface area contributed by atoms with Crippen LogP contribution in [0.25, 0.3) is 0 Å². The minimum atomic E-state index is 0.929. The lowest BCUT2D eigenvalue weighted by Gasteiger charge is -2.01. The molecule has 0 fully saturated rings. The first-order valence-corrected chi connectivity index (χ1v) is 4.12. The predicted molar refractivity (Wildman–Crippen MR) is 53.9 cm³/mol. The highest BCUT2D eigenvalue weighted by Gasteiger charge is 1.94. The van der Waals surface area contributed by atoms with E-state index in [9.17, 15) is 0 Å². The minimum absolute atomic E-state index is 0.929. The van der Waals surface area contributed by atoms with E-state index >= 15 is 0 Å². The van der Waals surface area contributed by atoms with Gasteiger partial charge in [0.2, 0.25) is 0 Å². The van der Waals surface area contributed by atoms with Gasteiger partial charge in [-0.15, -0.1) is 0 Å². The molecular weight excluding hydrogens is 238 g/mol. The van der Waals surface area contributed by atoms with Crippen molar-refractivity contribution in [2.24, 2.45) is 0 Å². The molecule has 0 amide bonds. The fourth-order valence-electron chi connectivity index (χ4n) is 0.744. The van der Waals surface area contributed by atoms with Crippen LogP contribution in [0.2, 0.25) is 0 Å². The van der Waals surface area contributed by atoms with E-state index in [0.29, 0.717) is 0 Å². The van der Waals surface area contributed by atoms with E-state index in [4.69, 9.17) is 4.74 Å². The monoisotopic (exact) mass is 246 g/mol. The summed E-state index contributed by atoms with van der Waals surface area (Å²) in [7, 11) is 3.76. The first-order valence-electron chi connectivity index (χ1n) is 3.04. The Balaban J connectivity index is 3.04.